The Labute approximate surface area is 195 Å². The smallest absolute Gasteiger partial charge is 0.241 e. The van der Waals surface area contributed by atoms with Crippen LogP contribution in [0.15, 0.2) is 53.4 Å². The van der Waals surface area contributed by atoms with Gasteiger partial charge in [-0.15, -0.1) is 0 Å². The molecule has 1 aliphatic rings. The van der Waals surface area contributed by atoms with Crippen molar-refractivity contribution in [1.82, 2.24) is 14.9 Å². The molecular weight excluding hydrogens is 450 g/mol. The van der Waals surface area contributed by atoms with E-state index in [0.717, 1.165) is 38.4 Å². The van der Waals surface area contributed by atoms with Crippen molar-refractivity contribution >= 4 is 27.5 Å². The highest BCUT2D eigenvalue weighted by Crippen LogP contribution is 2.16. The Bertz CT molecular complexity index is 989. The van der Waals surface area contributed by atoms with Gasteiger partial charge in [0.15, 0.2) is 0 Å². The number of carbonyl (C=O) groups excluding carboxylic acids is 1. The molecule has 1 atom stereocenters. The standard InChI is InChI=1S/C23H30ClN3O4S/c1-17(2)22(26-32(29,30)21-9-7-20(24)8-10-21)23(28)25-15-18-3-5-19(6-4-18)16-27-11-13-31-14-12-27/h3-10,17,22,26H,11-16H2,1-2H3,(H,25,28)/t22-/m0/s1. The van der Waals surface area contributed by atoms with E-state index in [4.69, 9.17) is 16.3 Å². The van der Waals surface area contributed by atoms with E-state index in [-0.39, 0.29) is 16.7 Å². The van der Waals surface area contributed by atoms with Gasteiger partial charge < -0.3 is 10.1 Å². The fourth-order valence-corrected chi connectivity index (χ4v) is 4.89. The van der Waals surface area contributed by atoms with Gasteiger partial charge in [0.2, 0.25) is 15.9 Å². The third kappa shape index (κ3) is 7.02. The second-order valence-corrected chi connectivity index (χ2v) is 10.4. The molecule has 1 amide bonds. The van der Waals surface area contributed by atoms with Gasteiger partial charge in [0.25, 0.3) is 0 Å². The number of morpholine rings is 1. The molecule has 7 nitrogen and oxygen atoms in total. The molecule has 0 spiro atoms. The van der Waals surface area contributed by atoms with Crippen molar-refractivity contribution in [2.75, 3.05) is 26.3 Å². The molecule has 3 rings (SSSR count). The average molecular weight is 480 g/mol. The molecule has 9 heteroatoms. The number of carbonyl (C=O) groups is 1. The minimum absolute atomic E-state index is 0.0659. The zero-order valence-corrected chi connectivity index (χ0v) is 20.0. The summed E-state index contributed by atoms with van der Waals surface area (Å²) in [4.78, 5) is 15.2. The molecule has 0 bridgehead atoms. The molecule has 2 aromatic carbocycles. The molecular formula is C23H30ClN3O4S. The van der Waals surface area contributed by atoms with Crippen LogP contribution in [0.25, 0.3) is 0 Å². The van der Waals surface area contributed by atoms with Crippen molar-refractivity contribution in [2.45, 2.75) is 37.9 Å². The van der Waals surface area contributed by atoms with Crippen LogP contribution >= 0.6 is 11.6 Å². The fraction of sp³-hybridized carbons (Fsp3) is 0.435. The summed E-state index contributed by atoms with van der Waals surface area (Å²) in [7, 11) is -3.85. The van der Waals surface area contributed by atoms with E-state index >= 15 is 0 Å². The summed E-state index contributed by atoms with van der Waals surface area (Å²) >= 11 is 5.84. The number of nitrogens with one attached hydrogen (secondary N) is 2. The lowest BCUT2D eigenvalue weighted by molar-refractivity contribution is -0.123. The monoisotopic (exact) mass is 479 g/mol. The van der Waals surface area contributed by atoms with Crippen LogP contribution in [0.5, 0.6) is 0 Å². The lowest BCUT2D eigenvalue weighted by Gasteiger charge is -2.26. The number of ether oxygens (including phenoxy) is 1. The van der Waals surface area contributed by atoms with E-state index < -0.39 is 16.1 Å². The van der Waals surface area contributed by atoms with Crippen LogP contribution in [0.1, 0.15) is 25.0 Å². The van der Waals surface area contributed by atoms with Crippen molar-refractivity contribution in [3.8, 4) is 0 Å². The van der Waals surface area contributed by atoms with Crippen LogP contribution in [0.2, 0.25) is 5.02 Å². The highest BCUT2D eigenvalue weighted by Gasteiger charge is 2.28. The van der Waals surface area contributed by atoms with Crippen LogP contribution in [-0.4, -0.2) is 51.6 Å². The van der Waals surface area contributed by atoms with Crippen molar-refractivity contribution in [1.29, 1.82) is 0 Å². The van der Waals surface area contributed by atoms with Gasteiger partial charge in [-0.25, -0.2) is 8.42 Å². The summed E-state index contributed by atoms with van der Waals surface area (Å²) in [6.45, 7) is 8.19. The third-order valence-electron chi connectivity index (χ3n) is 5.35. The molecule has 0 radical (unpaired) electrons. The minimum Gasteiger partial charge on any atom is -0.379 e. The van der Waals surface area contributed by atoms with Crippen molar-refractivity contribution < 1.29 is 17.9 Å². The number of halogens is 1. The first-order valence-electron chi connectivity index (χ1n) is 10.7. The lowest BCUT2D eigenvalue weighted by atomic mass is 10.0. The van der Waals surface area contributed by atoms with Gasteiger partial charge in [0.1, 0.15) is 6.04 Å². The molecule has 0 unspecified atom stereocenters. The summed E-state index contributed by atoms with van der Waals surface area (Å²) in [5.74, 6) is -0.595. The van der Waals surface area contributed by atoms with E-state index in [1.54, 1.807) is 13.8 Å². The minimum atomic E-state index is -3.85. The predicted octanol–water partition coefficient (Wildman–Crippen LogP) is 2.79. The van der Waals surface area contributed by atoms with Crippen molar-refractivity contribution in [2.24, 2.45) is 5.92 Å². The number of benzene rings is 2. The second-order valence-electron chi connectivity index (χ2n) is 8.22. The summed E-state index contributed by atoms with van der Waals surface area (Å²) in [5, 5.41) is 3.29. The molecule has 2 aromatic rings. The first-order chi connectivity index (χ1) is 15.2. The number of amides is 1. The highest BCUT2D eigenvalue weighted by molar-refractivity contribution is 7.89. The predicted molar refractivity (Wildman–Crippen MR) is 125 cm³/mol. The molecule has 1 saturated heterocycles. The van der Waals surface area contributed by atoms with Crippen LogP contribution in [0, 0.1) is 5.92 Å². The van der Waals surface area contributed by atoms with Crippen LogP contribution < -0.4 is 10.0 Å². The molecule has 0 aliphatic carbocycles. The van der Waals surface area contributed by atoms with E-state index in [0.29, 0.717) is 11.6 Å². The Hall–Kier alpha value is -1.97. The average Bonchev–Trinajstić information content (AvgIpc) is 2.77. The maximum absolute atomic E-state index is 12.8. The summed E-state index contributed by atoms with van der Waals surface area (Å²) in [6, 6.07) is 13.0. The first kappa shape index (κ1) is 24.7. The van der Waals surface area contributed by atoms with E-state index in [1.807, 2.05) is 12.1 Å². The van der Waals surface area contributed by atoms with Gasteiger partial charge in [-0.3, -0.25) is 9.69 Å². The summed E-state index contributed by atoms with van der Waals surface area (Å²) in [5.41, 5.74) is 2.16. The Kier molecular flexibility index (Phi) is 8.67. The number of nitrogens with zero attached hydrogens (tertiary/aromatic N) is 1. The maximum Gasteiger partial charge on any atom is 0.241 e. The highest BCUT2D eigenvalue weighted by atomic mass is 35.5. The summed E-state index contributed by atoms with van der Waals surface area (Å²) in [6.07, 6.45) is 0. The lowest BCUT2D eigenvalue weighted by Crippen LogP contribution is -2.49. The molecule has 2 N–H and O–H groups in total. The van der Waals surface area contributed by atoms with Gasteiger partial charge in [-0.2, -0.15) is 4.72 Å². The van der Waals surface area contributed by atoms with Crippen molar-refractivity contribution in [3.05, 3.63) is 64.7 Å². The second kappa shape index (κ2) is 11.2. The van der Waals surface area contributed by atoms with Gasteiger partial charge >= 0.3 is 0 Å². The molecule has 1 fully saturated rings. The summed E-state index contributed by atoms with van der Waals surface area (Å²) < 4.78 is 33.3. The van der Waals surface area contributed by atoms with E-state index in [1.165, 1.54) is 29.8 Å². The number of sulfonamides is 1. The van der Waals surface area contributed by atoms with Crippen molar-refractivity contribution in [3.63, 3.8) is 0 Å². The number of rotatable bonds is 9. The largest absolute Gasteiger partial charge is 0.379 e. The zero-order valence-electron chi connectivity index (χ0n) is 18.4. The van der Waals surface area contributed by atoms with Gasteiger partial charge in [0, 0.05) is 31.2 Å². The Morgan fingerprint density at radius 1 is 1.03 bits per heavy atom. The van der Waals surface area contributed by atoms with E-state index in [2.05, 4.69) is 27.1 Å². The molecule has 174 valence electrons. The fourth-order valence-electron chi connectivity index (χ4n) is 3.42. The SMILES string of the molecule is CC(C)[C@H](NS(=O)(=O)c1ccc(Cl)cc1)C(=O)NCc1ccc(CN2CCOCC2)cc1. The van der Waals surface area contributed by atoms with Crippen LogP contribution in [-0.2, 0) is 32.6 Å². The topological polar surface area (TPSA) is 87.7 Å². The number of hydrogen-bond donors (Lipinski definition) is 2. The first-order valence-corrected chi connectivity index (χ1v) is 12.5. The Morgan fingerprint density at radius 2 is 1.62 bits per heavy atom. The van der Waals surface area contributed by atoms with Gasteiger partial charge in [-0.1, -0.05) is 49.7 Å². The molecule has 32 heavy (non-hydrogen) atoms. The molecule has 1 aliphatic heterocycles. The normalized spacial score (nSPS) is 16.1. The molecule has 0 saturated carbocycles. The Morgan fingerprint density at radius 3 is 2.22 bits per heavy atom. The number of hydrogen-bond acceptors (Lipinski definition) is 5. The molecule has 0 aromatic heterocycles. The van der Waals surface area contributed by atoms with Crippen LogP contribution in [0.4, 0.5) is 0 Å². The quantitative estimate of drug-likeness (QED) is 0.577. The van der Waals surface area contributed by atoms with Gasteiger partial charge in [-0.05, 0) is 41.3 Å². The van der Waals surface area contributed by atoms with Gasteiger partial charge in [0.05, 0.1) is 18.1 Å². The maximum atomic E-state index is 12.8. The zero-order chi connectivity index (χ0) is 23.1. The Balaban J connectivity index is 1.57. The van der Waals surface area contributed by atoms with Crippen LogP contribution in [0.3, 0.4) is 0 Å². The third-order valence-corrected chi connectivity index (χ3v) is 7.06. The molecule has 1 heterocycles. The van der Waals surface area contributed by atoms with E-state index in [9.17, 15) is 13.2 Å².